The van der Waals surface area contributed by atoms with Crippen LogP contribution in [-0.2, 0) is 26.2 Å². The van der Waals surface area contributed by atoms with Crippen LogP contribution in [0.15, 0.2) is 77.7 Å². The van der Waals surface area contributed by atoms with Crippen molar-refractivity contribution in [2.75, 3.05) is 24.5 Å². The number of methoxy groups -OCH3 is 1. The minimum Gasteiger partial charge on any atom is -0.497 e. The SMILES string of the molecule is CCCNC(=O)C(CC)N(Cc1ccc(Cl)c(Cl)c1)C(=O)CN(c1ccc(OC)cc1)S(=O)(=O)c1ccccc1. The van der Waals surface area contributed by atoms with Gasteiger partial charge in [-0.2, -0.15) is 0 Å². The lowest BCUT2D eigenvalue weighted by atomic mass is 10.1. The molecule has 3 aromatic carbocycles. The Bertz CT molecular complexity index is 1400. The highest BCUT2D eigenvalue weighted by Crippen LogP contribution is 2.28. The Kier molecular flexibility index (Phi) is 11.2. The van der Waals surface area contributed by atoms with E-state index in [4.69, 9.17) is 27.9 Å². The van der Waals surface area contributed by atoms with Crippen LogP contribution in [0.1, 0.15) is 32.3 Å². The topological polar surface area (TPSA) is 96.0 Å². The maximum atomic E-state index is 14.0. The number of amides is 2. The summed E-state index contributed by atoms with van der Waals surface area (Å²) < 4.78 is 33.9. The first-order valence-electron chi connectivity index (χ1n) is 12.8. The molecular weight excluding hydrogens is 573 g/mol. The Hall–Kier alpha value is -3.27. The van der Waals surface area contributed by atoms with Crippen LogP contribution in [0.25, 0.3) is 0 Å². The van der Waals surface area contributed by atoms with E-state index >= 15 is 0 Å². The molecule has 0 bridgehead atoms. The lowest BCUT2D eigenvalue weighted by molar-refractivity contribution is -0.140. The number of carbonyl (C=O) groups excluding carboxylic acids is 2. The minimum atomic E-state index is -4.15. The minimum absolute atomic E-state index is 0.0234. The molecule has 0 saturated carbocycles. The molecule has 1 N–H and O–H groups in total. The highest BCUT2D eigenvalue weighted by Gasteiger charge is 2.33. The van der Waals surface area contributed by atoms with Crippen LogP contribution in [-0.4, -0.2) is 51.4 Å². The normalized spacial score (nSPS) is 11.9. The lowest BCUT2D eigenvalue weighted by Gasteiger charge is -2.33. The smallest absolute Gasteiger partial charge is 0.264 e. The number of rotatable bonds is 13. The number of carbonyl (C=O) groups is 2. The Morgan fingerprint density at radius 1 is 0.950 bits per heavy atom. The van der Waals surface area contributed by atoms with Gasteiger partial charge in [0.15, 0.2) is 0 Å². The quantitative estimate of drug-likeness (QED) is 0.276. The summed E-state index contributed by atoms with van der Waals surface area (Å²) in [7, 11) is -2.64. The summed E-state index contributed by atoms with van der Waals surface area (Å²) in [5.41, 5.74) is 0.919. The number of hydrogen-bond donors (Lipinski definition) is 1. The number of sulfonamides is 1. The molecule has 0 aliphatic carbocycles. The molecule has 0 aromatic heterocycles. The summed E-state index contributed by atoms with van der Waals surface area (Å²) >= 11 is 12.3. The molecule has 3 rings (SSSR count). The van der Waals surface area contributed by atoms with Crippen molar-refractivity contribution in [3.05, 3.63) is 88.4 Å². The Balaban J connectivity index is 2.05. The third kappa shape index (κ3) is 7.68. The first-order valence-corrected chi connectivity index (χ1v) is 15.0. The maximum absolute atomic E-state index is 14.0. The van der Waals surface area contributed by atoms with Gasteiger partial charge in [0.1, 0.15) is 18.3 Å². The molecule has 0 saturated heterocycles. The van der Waals surface area contributed by atoms with Gasteiger partial charge in [-0.25, -0.2) is 8.42 Å². The number of hydrogen-bond acceptors (Lipinski definition) is 5. The predicted octanol–water partition coefficient (Wildman–Crippen LogP) is 5.53. The molecule has 1 unspecified atom stereocenters. The first-order chi connectivity index (χ1) is 19.1. The summed E-state index contributed by atoms with van der Waals surface area (Å²) in [5, 5.41) is 3.52. The number of nitrogens with one attached hydrogen (secondary N) is 1. The van der Waals surface area contributed by atoms with Gasteiger partial charge in [-0.15, -0.1) is 0 Å². The highest BCUT2D eigenvalue weighted by atomic mass is 35.5. The summed E-state index contributed by atoms with van der Waals surface area (Å²) in [6.07, 6.45) is 1.04. The van der Waals surface area contributed by atoms with Crippen molar-refractivity contribution in [1.82, 2.24) is 10.2 Å². The van der Waals surface area contributed by atoms with Crippen molar-refractivity contribution in [3.63, 3.8) is 0 Å². The molecule has 3 aromatic rings. The fourth-order valence-electron chi connectivity index (χ4n) is 4.12. The van der Waals surface area contributed by atoms with E-state index < -0.39 is 28.5 Å². The largest absolute Gasteiger partial charge is 0.497 e. The molecule has 214 valence electrons. The van der Waals surface area contributed by atoms with Gasteiger partial charge in [-0.1, -0.05) is 61.3 Å². The van der Waals surface area contributed by atoms with E-state index in [1.54, 1.807) is 67.6 Å². The molecule has 11 heteroatoms. The molecule has 0 spiro atoms. The molecule has 0 aliphatic heterocycles. The summed E-state index contributed by atoms with van der Waals surface area (Å²) in [5.74, 6) is -0.341. The van der Waals surface area contributed by atoms with Gasteiger partial charge in [0.05, 0.1) is 27.7 Å². The molecule has 40 heavy (non-hydrogen) atoms. The number of anilines is 1. The van der Waals surface area contributed by atoms with E-state index in [1.807, 2.05) is 6.92 Å². The van der Waals surface area contributed by atoms with E-state index in [9.17, 15) is 18.0 Å². The molecule has 1 atom stereocenters. The Morgan fingerprint density at radius 3 is 2.20 bits per heavy atom. The number of halogens is 2. The van der Waals surface area contributed by atoms with Crippen LogP contribution >= 0.6 is 23.2 Å². The van der Waals surface area contributed by atoms with E-state index in [-0.39, 0.29) is 23.0 Å². The number of ether oxygens (including phenoxy) is 1. The third-order valence-corrected chi connectivity index (χ3v) is 8.77. The van der Waals surface area contributed by atoms with Gasteiger partial charge in [-0.3, -0.25) is 13.9 Å². The molecule has 0 fully saturated rings. The van der Waals surface area contributed by atoms with Crippen molar-refractivity contribution in [3.8, 4) is 5.75 Å². The number of benzene rings is 3. The monoisotopic (exact) mass is 605 g/mol. The predicted molar refractivity (Wildman–Crippen MR) is 158 cm³/mol. The second-order valence-electron chi connectivity index (χ2n) is 9.01. The zero-order valence-electron chi connectivity index (χ0n) is 22.6. The highest BCUT2D eigenvalue weighted by molar-refractivity contribution is 7.92. The van der Waals surface area contributed by atoms with Crippen molar-refractivity contribution in [1.29, 1.82) is 0 Å². The zero-order valence-corrected chi connectivity index (χ0v) is 25.0. The van der Waals surface area contributed by atoms with E-state index in [1.165, 1.54) is 24.1 Å². The van der Waals surface area contributed by atoms with Crippen LogP contribution in [0, 0.1) is 0 Å². The molecule has 0 heterocycles. The van der Waals surface area contributed by atoms with E-state index in [0.29, 0.717) is 34.3 Å². The van der Waals surface area contributed by atoms with Gasteiger partial charge in [0, 0.05) is 13.1 Å². The van der Waals surface area contributed by atoms with Gasteiger partial charge in [-0.05, 0) is 66.9 Å². The Labute approximate surface area is 245 Å². The summed E-state index contributed by atoms with van der Waals surface area (Å²) in [6.45, 7) is 3.66. The van der Waals surface area contributed by atoms with Crippen molar-refractivity contribution in [2.24, 2.45) is 0 Å². The fraction of sp³-hybridized carbons (Fsp3) is 0.310. The average Bonchev–Trinajstić information content (AvgIpc) is 2.96. The summed E-state index contributed by atoms with van der Waals surface area (Å²) in [6, 6.07) is 18.4. The molecular formula is C29H33Cl2N3O5S. The average molecular weight is 607 g/mol. The van der Waals surface area contributed by atoms with Crippen molar-refractivity contribution >= 4 is 50.7 Å². The second-order valence-corrected chi connectivity index (χ2v) is 11.7. The molecule has 8 nitrogen and oxygen atoms in total. The number of nitrogens with zero attached hydrogens (tertiary/aromatic N) is 2. The standard InChI is InChI=1S/C29H33Cl2N3O5S/c1-4-17-32-29(36)27(5-2)33(19-21-11-16-25(30)26(31)18-21)28(35)20-34(22-12-14-23(39-3)15-13-22)40(37,38)24-9-7-6-8-10-24/h6-16,18,27H,4-5,17,19-20H2,1-3H3,(H,32,36). The zero-order chi connectivity index (χ0) is 29.3. The van der Waals surface area contributed by atoms with Crippen LogP contribution in [0.4, 0.5) is 5.69 Å². The van der Waals surface area contributed by atoms with Gasteiger partial charge < -0.3 is 15.0 Å². The van der Waals surface area contributed by atoms with Crippen LogP contribution in [0.2, 0.25) is 10.0 Å². The van der Waals surface area contributed by atoms with Gasteiger partial charge in [0.2, 0.25) is 11.8 Å². The van der Waals surface area contributed by atoms with Crippen LogP contribution in [0.5, 0.6) is 5.75 Å². The fourth-order valence-corrected chi connectivity index (χ4v) is 5.87. The van der Waals surface area contributed by atoms with Crippen LogP contribution < -0.4 is 14.4 Å². The first kappa shape index (κ1) is 31.3. The summed E-state index contributed by atoms with van der Waals surface area (Å²) in [4.78, 5) is 28.6. The lowest BCUT2D eigenvalue weighted by Crippen LogP contribution is -2.52. The van der Waals surface area contributed by atoms with Gasteiger partial charge >= 0.3 is 0 Å². The third-order valence-electron chi connectivity index (χ3n) is 6.24. The molecule has 2 amide bonds. The molecule has 0 radical (unpaired) electrons. The van der Waals surface area contributed by atoms with Gasteiger partial charge in [0.25, 0.3) is 10.0 Å². The molecule has 0 aliphatic rings. The Morgan fingerprint density at radius 2 is 1.62 bits per heavy atom. The van der Waals surface area contributed by atoms with Crippen molar-refractivity contribution in [2.45, 2.75) is 44.2 Å². The van der Waals surface area contributed by atoms with Crippen LogP contribution in [0.3, 0.4) is 0 Å². The second kappa shape index (κ2) is 14.4. The van der Waals surface area contributed by atoms with Crippen molar-refractivity contribution < 1.29 is 22.7 Å². The van der Waals surface area contributed by atoms with E-state index in [2.05, 4.69) is 5.32 Å². The van der Waals surface area contributed by atoms with E-state index in [0.717, 1.165) is 10.7 Å². The maximum Gasteiger partial charge on any atom is 0.264 e.